The van der Waals surface area contributed by atoms with Crippen LogP contribution in [0, 0.1) is 64.1 Å². The van der Waals surface area contributed by atoms with E-state index in [0.29, 0.717) is 59.2 Å². The summed E-state index contributed by atoms with van der Waals surface area (Å²) in [6.07, 6.45) is 8.84. The van der Waals surface area contributed by atoms with E-state index in [9.17, 15) is 14.7 Å². The molecule has 1 aromatic carbocycles. The first kappa shape index (κ1) is 30.8. The van der Waals surface area contributed by atoms with E-state index >= 15 is 0 Å². The van der Waals surface area contributed by atoms with Crippen molar-refractivity contribution in [1.82, 2.24) is 0 Å². The number of esters is 1. The zero-order valence-electron chi connectivity index (χ0n) is 26.8. The van der Waals surface area contributed by atoms with Gasteiger partial charge in [0.05, 0.1) is 11.7 Å². The molecule has 4 aliphatic carbocycles. The lowest BCUT2D eigenvalue weighted by Gasteiger charge is -2.61. The van der Waals surface area contributed by atoms with E-state index in [1.165, 1.54) is 25.7 Å². The lowest BCUT2D eigenvalue weighted by Crippen LogP contribution is -2.60. The molecule has 0 aliphatic heterocycles. The number of hydrogen-bond donors (Lipinski definition) is 1. The van der Waals surface area contributed by atoms with Crippen LogP contribution in [0.25, 0.3) is 0 Å². The smallest absolute Gasteiger partial charge is 0.338 e. The highest BCUT2D eigenvalue weighted by molar-refractivity contribution is 5.89. The molecule has 1 aromatic rings. The van der Waals surface area contributed by atoms with Crippen LogP contribution in [0.1, 0.15) is 117 Å². The van der Waals surface area contributed by atoms with Crippen molar-refractivity contribution in [1.29, 1.82) is 0 Å². The molecule has 41 heavy (non-hydrogen) atoms. The van der Waals surface area contributed by atoms with Gasteiger partial charge in [-0.1, -0.05) is 73.1 Å². The van der Waals surface area contributed by atoms with E-state index in [4.69, 9.17) is 4.74 Å². The summed E-state index contributed by atoms with van der Waals surface area (Å²) in [6, 6.07) is 9.24. The van der Waals surface area contributed by atoms with Crippen LogP contribution in [-0.2, 0) is 9.53 Å². The molecule has 4 saturated carbocycles. The van der Waals surface area contributed by atoms with Crippen LogP contribution in [0.4, 0.5) is 0 Å². The first-order valence-electron chi connectivity index (χ1n) is 16.9. The fourth-order valence-electron chi connectivity index (χ4n) is 11.1. The van der Waals surface area contributed by atoms with Crippen LogP contribution in [0.5, 0.6) is 0 Å². The molecular weight excluding hydrogens is 508 g/mol. The number of carbonyl (C=O) groups is 2. The van der Waals surface area contributed by atoms with Crippen molar-refractivity contribution in [2.45, 2.75) is 118 Å². The highest BCUT2D eigenvalue weighted by Crippen LogP contribution is 2.68. The summed E-state index contributed by atoms with van der Waals surface area (Å²) in [6.45, 7) is 16.2. The summed E-state index contributed by atoms with van der Waals surface area (Å²) >= 11 is 0. The molecule has 0 saturated heterocycles. The molecule has 4 unspecified atom stereocenters. The molecule has 4 heteroatoms. The van der Waals surface area contributed by atoms with Crippen molar-refractivity contribution in [3.05, 3.63) is 35.9 Å². The van der Waals surface area contributed by atoms with E-state index in [1.54, 1.807) is 12.1 Å². The topological polar surface area (TPSA) is 63.6 Å². The predicted octanol–water partition coefficient (Wildman–Crippen LogP) is 8.37. The highest BCUT2D eigenvalue weighted by atomic mass is 16.5. The van der Waals surface area contributed by atoms with Crippen molar-refractivity contribution in [3.63, 3.8) is 0 Å². The van der Waals surface area contributed by atoms with Gasteiger partial charge in [0.25, 0.3) is 0 Å². The maximum Gasteiger partial charge on any atom is 0.338 e. The van der Waals surface area contributed by atoms with Gasteiger partial charge in [0.15, 0.2) is 0 Å². The van der Waals surface area contributed by atoms with Gasteiger partial charge in [-0.25, -0.2) is 4.79 Å². The van der Waals surface area contributed by atoms with Gasteiger partial charge in [-0.05, 0) is 109 Å². The largest absolute Gasteiger partial charge is 0.458 e. The van der Waals surface area contributed by atoms with E-state index < -0.39 is 0 Å². The standard InChI is InChI=1S/C37H56O4/c1-8-25(22(2)3)20-31(38)23(4)28-14-15-29-27-21-32(39)34-24(5)33(41-35(40)26-12-10-9-11-13-26)17-19-37(34,7)30(27)16-18-36(28,29)6/h9-13,22-25,27-31,33-34,38H,8,14-21H2,1-7H3/t23-,24?,25+,27-,28+,29-,30-,31?,33?,34?,36+,37+/m0/s1. The second-order valence-electron chi connectivity index (χ2n) is 15.5. The van der Waals surface area contributed by atoms with Crippen LogP contribution in [0.2, 0.25) is 0 Å². The van der Waals surface area contributed by atoms with Crippen LogP contribution >= 0.6 is 0 Å². The van der Waals surface area contributed by atoms with Crippen molar-refractivity contribution >= 4 is 11.8 Å². The number of hydrogen-bond acceptors (Lipinski definition) is 4. The molecule has 0 radical (unpaired) electrons. The molecule has 0 heterocycles. The Morgan fingerprint density at radius 2 is 1.66 bits per heavy atom. The number of carbonyl (C=O) groups excluding carboxylic acids is 2. The number of benzene rings is 1. The summed E-state index contributed by atoms with van der Waals surface area (Å²) < 4.78 is 6.05. The fraction of sp³-hybridized carbons (Fsp3) is 0.784. The van der Waals surface area contributed by atoms with Crippen molar-refractivity contribution in [2.24, 2.45) is 64.1 Å². The maximum atomic E-state index is 14.1. The molecule has 228 valence electrons. The summed E-state index contributed by atoms with van der Waals surface area (Å²) in [4.78, 5) is 26.9. The van der Waals surface area contributed by atoms with Gasteiger partial charge in [0, 0.05) is 18.3 Å². The second-order valence-corrected chi connectivity index (χ2v) is 15.5. The number of ketones is 1. The van der Waals surface area contributed by atoms with Crippen LogP contribution in [-0.4, -0.2) is 29.1 Å². The summed E-state index contributed by atoms with van der Waals surface area (Å²) in [5.74, 6) is 3.73. The van der Waals surface area contributed by atoms with E-state index in [-0.39, 0.29) is 40.8 Å². The number of rotatable bonds is 8. The second kappa shape index (κ2) is 11.8. The normalized spacial score (nSPS) is 40.7. The minimum Gasteiger partial charge on any atom is -0.458 e. The monoisotopic (exact) mass is 564 g/mol. The van der Waals surface area contributed by atoms with E-state index in [2.05, 4.69) is 48.5 Å². The van der Waals surface area contributed by atoms with Crippen molar-refractivity contribution in [2.75, 3.05) is 0 Å². The number of aliphatic hydroxyl groups is 1. The Kier molecular flexibility index (Phi) is 8.84. The number of ether oxygens (including phenoxy) is 1. The van der Waals surface area contributed by atoms with Crippen molar-refractivity contribution in [3.8, 4) is 0 Å². The van der Waals surface area contributed by atoms with Crippen LogP contribution in [0.15, 0.2) is 30.3 Å². The Morgan fingerprint density at radius 1 is 1.00 bits per heavy atom. The van der Waals surface area contributed by atoms with Crippen LogP contribution in [0.3, 0.4) is 0 Å². The number of aliphatic hydroxyl groups excluding tert-OH is 1. The molecule has 0 aromatic heterocycles. The summed E-state index contributed by atoms with van der Waals surface area (Å²) in [5.41, 5.74) is 0.767. The molecule has 4 nitrogen and oxygen atoms in total. The molecule has 0 amide bonds. The molecule has 4 fully saturated rings. The Morgan fingerprint density at radius 3 is 2.32 bits per heavy atom. The molecule has 1 N–H and O–H groups in total. The van der Waals surface area contributed by atoms with Crippen molar-refractivity contribution < 1.29 is 19.4 Å². The zero-order valence-corrected chi connectivity index (χ0v) is 26.8. The highest BCUT2D eigenvalue weighted by Gasteiger charge is 2.64. The summed E-state index contributed by atoms with van der Waals surface area (Å²) in [5, 5.41) is 11.4. The Labute approximate surface area is 249 Å². The Bertz CT molecular complexity index is 1080. The first-order chi connectivity index (χ1) is 19.4. The van der Waals surface area contributed by atoms with Gasteiger partial charge < -0.3 is 9.84 Å². The summed E-state index contributed by atoms with van der Waals surface area (Å²) in [7, 11) is 0. The SMILES string of the molecule is CC[C@H](CC(O)[C@@H](C)[C@H]1CC[C@H]2[C@@H]3CC(=O)C4C(C)C(OC(=O)c5ccccc5)CC[C@]4(C)[C@H]3CC[C@]12C)C(C)C. The maximum absolute atomic E-state index is 14.1. The number of Topliss-reactive ketones (excluding diaryl/α,β-unsaturated/α-hetero) is 1. The van der Waals surface area contributed by atoms with Gasteiger partial charge in [-0.15, -0.1) is 0 Å². The van der Waals surface area contributed by atoms with Crippen LogP contribution < -0.4 is 0 Å². The first-order valence-corrected chi connectivity index (χ1v) is 16.9. The van der Waals surface area contributed by atoms with E-state index in [0.717, 1.165) is 25.7 Å². The number of fused-ring (bicyclic) bond motifs is 5. The minimum atomic E-state index is -0.271. The Hall–Kier alpha value is -1.68. The molecular formula is C37H56O4. The molecule has 4 aliphatic rings. The third-order valence-corrected chi connectivity index (χ3v) is 13.5. The average molecular weight is 565 g/mol. The average Bonchev–Trinajstić information content (AvgIpc) is 3.30. The predicted molar refractivity (Wildman–Crippen MR) is 164 cm³/mol. The third-order valence-electron chi connectivity index (χ3n) is 13.5. The van der Waals surface area contributed by atoms with Gasteiger partial charge >= 0.3 is 5.97 Å². The van der Waals surface area contributed by atoms with Gasteiger partial charge in [-0.2, -0.15) is 0 Å². The third kappa shape index (κ3) is 5.34. The molecule has 5 rings (SSSR count). The minimum absolute atomic E-state index is 0.0226. The molecule has 12 atom stereocenters. The fourth-order valence-corrected chi connectivity index (χ4v) is 11.1. The quantitative estimate of drug-likeness (QED) is 0.322. The lowest BCUT2D eigenvalue weighted by atomic mass is 9.42. The van der Waals surface area contributed by atoms with Gasteiger partial charge in [-0.3, -0.25) is 4.79 Å². The van der Waals surface area contributed by atoms with Gasteiger partial charge in [0.2, 0.25) is 0 Å². The molecule has 0 bridgehead atoms. The Balaban J connectivity index is 1.30. The van der Waals surface area contributed by atoms with E-state index in [1.807, 2.05) is 18.2 Å². The molecule has 0 spiro atoms. The van der Waals surface area contributed by atoms with Gasteiger partial charge in [0.1, 0.15) is 11.9 Å². The zero-order chi connectivity index (χ0) is 29.7. The lowest BCUT2D eigenvalue weighted by molar-refractivity contribution is -0.170.